The van der Waals surface area contributed by atoms with Crippen LogP contribution in [-0.2, 0) is 23.0 Å². The predicted molar refractivity (Wildman–Crippen MR) is 106 cm³/mol. The second-order valence-corrected chi connectivity index (χ2v) is 8.79. The van der Waals surface area contributed by atoms with Crippen molar-refractivity contribution >= 4 is 21.6 Å². The molecule has 144 valence electrons. The van der Waals surface area contributed by atoms with E-state index in [0.29, 0.717) is 24.2 Å². The molecule has 0 aromatic heterocycles. The summed E-state index contributed by atoms with van der Waals surface area (Å²) in [4.78, 5) is 14.5. The number of carbonyl (C=O) groups is 1. The summed E-state index contributed by atoms with van der Waals surface area (Å²) in [5.41, 5.74) is 3.01. The van der Waals surface area contributed by atoms with Gasteiger partial charge in [0.2, 0.25) is 10.0 Å². The highest BCUT2D eigenvalue weighted by Crippen LogP contribution is 2.35. The third-order valence-electron chi connectivity index (χ3n) is 4.78. The first-order valence-corrected chi connectivity index (χ1v) is 10.6. The summed E-state index contributed by atoms with van der Waals surface area (Å²) < 4.78 is 30.8. The number of methoxy groups -OCH3 is 1. The molecule has 0 N–H and O–H groups in total. The van der Waals surface area contributed by atoms with Gasteiger partial charge in [0.05, 0.1) is 19.1 Å². The summed E-state index contributed by atoms with van der Waals surface area (Å²) >= 11 is 0. The minimum atomic E-state index is -3.34. The number of hydrogen-bond donors (Lipinski definition) is 0. The Bertz CT molecular complexity index is 972. The highest BCUT2D eigenvalue weighted by molar-refractivity contribution is 7.92. The van der Waals surface area contributed by atoms with Gasteiger partial charge in [0, 0.05) is 30.8 Å². The standard InChI is InChI=1S/C20H24N2O4S/c1-14-11-17-12-15(9-10-18(17)22(14)27(4,24)25)20(23)21(2)13-16-7-5-6-8-19(16)26-3/h5-10,12,14H,11,13H2,1-4H3/t14-/m1/s1. The maximum Gasteiger partial charge on any atom is 0.253 e. The lowest BCUT2D eigenvalue weighted by molar-refractivity contribution is 0.0784. The highest BCUT2D eigenvalue weighted by Gasteiger charge is 2.33. The fraction of sp³-hybridized carbons (Fsp3) is 0.350. The molecule has 0 radical (unpaired) electrons. The Kier molecular flexibility index (Phi) is 5.15. The van der Waals surface area contributed by atoms with Crippen LogP contribution in [0.4, 0.5) is 5.69 Å². The summed E-state index contributed by atoms with van der Waals surface area (Å²) in [5, 5.41) is 0. The van der Waals surface area contributed by atoms with E-state index in [-0.39, 0.29) is 11.9 Å². The number of nitrogens with zero attached hydrogens (tertiary/aromatic N) is 2. The first-order valence-electron chi connectivity index (χ1n) is 8.72. The minimum absolute atomic E-state index is 0.117. The SMILES string of the molecule is COc1ccccc1CN(C)C(=O)c1ccc2c(c1)C[C@@H](C)N2S(C)(=O)=O. The molecule has 0 saturated heterocycles. The average Bonchev–Trinajstić information content (AvgIpc) is 2.96. The summed E-state index contributed by atoms with van der Waals surface area (Å²) in [6.07, 6.45) is 1.80. The predicted octanol–water partition coefficient (Wildman–Crippen LogP) is 2.68. The molecule has 2 aromatic carbocycles. The molecule has 0 unspecified atom stereocenters. The number of sulfonamides is 1. The van der Waals surface area contributed by atoms with Gasteiger partial charge >= 0.3 is 0 Å². The number of fused-ring (bicyclic) bond motifs is 1. The lowest BCUT2D eigenvalue weighted by atomic mass is 10.1. The van der Waals surface area contributed by atoms with Gasteiger partial charge in [0.25, 0.3) is 5.91 Å². The smallest absolute Gasteiger partial charge is 0.253 e. The largest absolute Gasteiger partial charge is 0.496 e. The van der Waals surface area contributed by atoms with Gasteiger partial charge in [0.1, 0.15) is 5.75 Å². The van der Waals surface area contributed by atoms with E-state index in [1.54, 1.807) is 37.3 Å². The average molecular weight is 388 g/mol. The van der Waals surface area contributed by atoms with E-state index < -0.39 is 10.0 Å². The number of anilines is 1. The molecule has 1 aliphatic rings. The second-order valence-electron chi connectivity index (χ2n) is 6.93. The van der Waals surface area contributed by atoms with Crippen molar-refractivity contribution in [3.63, 3.8) is 0 Å². The number of rotatable bonds is 5. The van der Waals surface area contributed by atoms with Gasteiger partial charge in [0.15, 0.2) is 0 Å². The summed E-state index contributed by atoms with van der Waals surface area (Å²) in [7, 11) is 0.0116. The van der Waals surface area contributed by atoms with Crippen LogP contribution in [0.25, 0.3) is 0 Å². The van der Waals surface area contributed by atoms with Gasteiger partial charge < -0.3 is 9.64 Å². The van der Waals surface area contributed by atoms with Crippen molar-refractivity contribution in [1.82, 2.24) is 4.90 Å². The van der Waals surface area contributed by atoms with Crippen molar-refractivity contribution in [2.75, 3.05) is 24.7 Å². The van der Waals surface area contributed by atoms with Crippen molar-refractivity contribution in [3.8, 4) is 5.75 Å². The minimum Gasteiger partial charge on any atom is -0.496 e. The molecule has 2 aromatic rings. The molecule has 1 amide bonds. The summed E-state index contributed by atoms with van der Waals surface area (Å²) in [6.45, 7) is 2.29. The van der Waals surface area contributed by atoms with Crippen molar-refractivity contribution in [2.24, 2.45) is 0 Å². The quantitative estimate of drug-likeness (QED) is 0.790. The van der Waals surface area contributed by atoms with E-state index in [4.69, 9.17) is 4.74 Å². The zero-order valence-corrected chi connectivity index (χ0v) is 16.8. The number of carbonyl (C=O) groups excluding carboxylic acids is 1. The van der Waals surface area contributed by atoms with Gasteiger partial charge in [-0.25, -0.2) is 8.42 Å². The molecule has 0 saturated carbocycles. The Morgan fingerprint density at radius 3 is 2.63 bits per heavy atom. The van der Waals surface area contributed by atoms with Crippen LogP contribution in [0.15, 0.2) is 42.5 Å². The zero-order valence-electron chi connectivity index (χ0n) is 16.0. The van der Waals surface area contributed by atoms with E-state index in [9.17, 15) is 13.2 Å². The maximum absolute atomic E-state index is 12.9. The molecular formula is C20H24N2O4S. The maximum atomic E-state index is 12.9. The third kappa shape index (κ3) is 3.78. The highest BCUT2D eigenvalue weighted by atomic mass is 32.2. The van der Waals surface area contributed by atoms with Gasteiger partial charge in [-0.2, -0.15) is 0 Å². The molecule has 6 nitrogen and oxygen atoms in total. The number of amides is 1. The number of para-hydroxylation sites is 1. The molecule has 0 fully saturated rings. The van der Waals surface area contributed by atoms with Crippen LogP contribution in [0.2, 0.25) is 0 Å². The van der Waals surface area contributed by atoms with Crippen molar-refractivity contribution in [2.45, 2.75) is 25.9 Å². The molecule has 0 aliphatic carbocycles. The van der Waals surface area contributed by atoms with E-state index >= 15 is 0 Å². The molecule has 3 rings (SSSR count). The molecule has 1 atom stereocenters. The molecule has 0 bridgehead atoms. The van der Waals surface area contributed by atoms with Gasteiger partial charge in [-0.1, -0.05) is 18.2 Å². The molecule has 1 heterocycles. The van der Waals surface area contributed by atoms with Gasteiger partial charge in [-0.15, -0.1) is 0 Å². The van der Waals surface area contributed by atoms with Crippen molar-refractivity contribution in [3.05, 3.63) is 59.2 Å². The van der Waals surface area contributed by atoms with Crippen LogP contribution in [0.1, 0.15) is 28.4 Å². The number of ether oxygens (including phenoxy) is 1. The van der Waals surface area contributed by atoms with Crippen LogP contribution >= 0.6 is 0 Å². The third-order valence-corrected chi connectivity index (χ3v) is 6.05. The Morgan fingerprint density at radius 2 is 1.96 bits per heavy atom. The van der Waals surface area contributed by atoms with E-state index in [0.717, 1.165) is 16.9 Å². The first-order chi connectivity index (χ1) is 12.7. The monoisotopic (exact) mass is 388 g/mol. The van der Waals surface area contributed by atoms with Gasteiger partial charge in [-0.05, 0) is 43.2 Å². The summed E-state index contributed by atoms with van der Waals surface area (Å²) in [5.74, 6) is 0.623. The Balaban J connectivity index is 1.83. The fourth-order valence-corrected chi connectivity index (χ4v) is 4.89. The Morgan fingerprint density at radius 1 is 1.26 bits per heavy atom. The van der Waals surface area contributed by atoms with Gasteiger partial charge in [-0.3, -0.25) is 9.10 Å². The molecule has 0 spiro atoms. The summed E-state index contributed by atoms with van der Waals surface area (Å²) in [6, 6.07) is 12.7. The second kappa shape index (κ2) is 7.23. The molecule has 1 aliphatic heterocycles. The van der Waals surface area contributed by atoms with Crippen molar-refractivity contribution in [1.29, 1.82) is 0 Å². The van der Waals surface area contributed by atoms with Crippen LogP contribution in [0.5, 0.6) is 5.75 Å². The number of benzene rings is 2. The van der Waals surface area contributed by atoms with Crippen LogP contribution in [0, 0.1) is 0 Å². The molecule has 7 heteroatoms. The van der Waals surface area contributed by atoms with Crippen LogP contribution in [0.3, 0.4) is 0 Å². The lowest BCUT2D eigenvalue weighted by Gasteiger charge is -2.22. The number of hydrogen-bond acceptors (Lipinski definition) is 4. The van der Waals surface area contributed by atoms with E-state index in [1.807, 2.05) is 31.2 Å². The first kappa shape index (κ1) is 19.2. The van der Waals surface area contributed by atoms with Crippen molar-refractivity contribution < 1.29 is 17.9 Å². The van der Waals surface area contributed by atoms with Crippen LogP contribution < -0.4 is 9.04 Å². The molecular weight excluding hydrogens is 364 g/mol. The molecule has 27 heavy (non-hydrogen) atoms. The normalized spacial score (nSPS) is 16.1. The lowest BCUT2D eigenvalue weighted by Crippen LogP contribution is -2.34. The Labute approximate surface area is 160 Å². The van der Waals surface area contributed by atoms with E-state index in [2.05, 4.69) is 0 Å². The topological polar surface area (TPSA) is 66.9 Å². The van der Waals surface area contributed by atoms with Crippen LogP contribution in [-0.4, -0.2) is 45.7 Å². The van der Waals surface area contributed by atoms with E-state index in [1.165, 1.54) is 10.6 Å². The fourth-order valence-electron chi connectivity index (χ4n) is 3.62. The zero-order chi connectivity index (χ0) is 19.8. The Hall–Kier alpha value is -2.54.